The fourth-order valence-corrected chi connectivity index (χ4v) is 3.11. The van der Waals surface area contributed by atoms with Gasteiger partial charge < -0.3 is 14.2 Å². The van der Waals surface area contributed by atoms with Crippen LogP contribution in [0.5, 0.6) is 5.75 Å². The van der Waals surface area contributed by atoms with Gasteiger partial charge in [0.25, 0.3) is 0 Å². The number of anilines is 1. The first-order chi connectivity index (χ1) is 13.3. The monoisotopic (exact) mass is 366 g/mol. The van der Waals surface area contributed by atoms with Crippen LogP contribution in [-0.2, 0) is 6.54 Å². The number of para-hydroxylation sites is 1. The number of aromatic nitrogens is 4. The summed E-state index contributed by atoms with van der Waals surface area (Å²) in [5.41, 5.74) is 0.848. The van der Waals surface area contributed by atoms with Gasteiger partial charge in [0, 0.05) is 38.6 Å². The number of hydrogen-bond donors (Lipinski definition) is 0. The minimum Gasteiger partial charge on any atom is -0.493 e. The first-order valence-electron chi connectivity index (χ1n) is 9.12. The van der Waals surface area contributed by atoms with Crippen LogP contribution in [0.15, 0.2) is 47.2 Å². The van der Waals surface area contributed by atoms with Gasteiger partial charge in [0.05, 0.1) is 18.7 Å². The van der Waals surface area contributed by atoms with Crippen molar-refractivity contribution in [3.05, 3.63) is 48.6 Å². The number of ether oxygens (including phenoxy) is 1. The van der Waals surface area contributed by atoms with Crippen LogP contribution in [-0.4, -0.2) is 57.8 Å². The highest BCUT2D eigenvalue weighted by atomic mass is 16.5. The molecule has 27 heavy (non-hydrogen) atoms. The van der Waals surface area contributed by atoms with Crippen molar-refractivity contribution in [2.75, 3.05) is 37.7 Å². The highest BCUT2D eigenvalue weighted by Crippen LogP contribution is 2.27. The highest BCUT2D eigenvalue weighted by molar-refractivity contribution is 5.63. The smallest absolute Gasteiger partial charge is 0.241 e. The van der Waals surface area contributed by atoms with Gasteiger partial charge in [-0.2, -0.15) is 4.98 Å². The molecule has 3 heterocycles. The Morgan fingerprint density at radius 1 is 1.04 bits per heavy atom. The van der Waals surface area contributed by atoms with E-state index in [1.54, 1.807) is 12.4 Å². The minimum absolute atomic E-state index is 0.561. The first kappa shape index (κ1) is 17.4. The SMILES string of the molecule is CCOc1ccccc1-c1noc(CN2CCN(c3ncccn3)CC2)n1. The quantitative estimate of drug-likeness (QED) is 0.657. The zero-order chi connectivity index (χ0) is 18.5. The lowest BCUT2D eigenvalue weighted by molar-refractivity contribution is 0.214. The molecule has 1 saturated heterocycles. The Balaban J connectivity index is 1.38. The molecular weight excluding hydrogens is 344 g/mol. The van der Waals surface area contributed by atoms with Crippen LogP contribution in [0.25, 0.3) is 11.4 Å². The molecule has 8 nitrogen and oxygen atoms in total. The molecule has 1 aromatic carbocycles. The Kier molecular flexibility index (Phi) is 5.24. The first-order valence-corrected chi connectivity index (χ1v) is 9.12. The van der Waals surface area contributed by atoms with Crippen LogP contribution in [0, 0.1) is 0 Å². The van der Waals surface area contributed by atoms with E-state index in [0.29, 0.717) is 24.9 Å². The predicted octanol–water partition coefficient (Wildman–Crippen LogP) is 2.25. The molecule has 2 aromatic heterocycles. The molecular formula is C19H22N6O2. The van der Waals surface area contributed by atoms with Gasteiger partial charge >= 0.3 is 0 Å². The van der Waals surface area contributed by atoms with Crippen LogP contribution in [0.2, 0.25) is 0 Å². The molecule has 140 valence electrons. The van der Waals surface area contributed by atoms with E-state index in [1.165, 1.54) is 0 Å². The Morgan fingerprint density at radius 3 is 2.59 bits per heavy atom. The summed E-state index contributed by atoms with van der Waals surface area (Å²) in [7, 11) is 0. The predicted molar refractivity (Wildman–Crippen MR) is 100 cm³/mol. The Morgan fingerprint density at radius 2 is 1.81 bits per heavy atom. The van der Waals surface area contributed by atoms with Crippen molar-refractivity contribution >= 4 is 5.95 Å². The number of hydrogen-bond acceptors (Lipinski definition) is 8. The average molecular weight is 366 g/mol. The lowest BCUT2D eigenvalue weighted by Crippen LogP contribution is -2.46. The second-order valence-electron chi connectivity index (χ2n) is 6.25. The van der Waals surface area contributed by atoms with Crippen molar-refractivity contribution in [1.29, 1.82) is 0 Å². The molecule has 3 aromatic rings. The molecule has 4 rings (SSSR count). The number of piperazine rings is 1. The van der Waals surface area contributed by atoms with Crippen LogP contribution in [0.3, 0.4) is 0 Å². The highest BCUT2D eigenvalue weighted by Gasteiger charge is 2.21. The average Bonchev–Trinajstić information content (AvgIpc) is 3.18. The summed E-state index contributed by atoms with van der Waals surface area (Å²) >= 11 is 0. The van der Waals surface area contributed by atoms with Crippen molar-refractivity contribution in [3.63, 3.8) is 0 Å². The van der Waals surface area contributed by atoms with E-state index in [9.17, 15) is 0 Å². The van der Waals surface area contributed by atoms with E-state index in [2.05, 4.69) is 29.9 Å². The van der Waals surface area contributed by atoms with Crippen LogP contribution in [0.1, 0.15) is 12.8 Å². The second-order valence-corrected chi connectivity index (χ2v) is 6.25. The van der Waals surface area contributed by atoms with Gasteiger partial charge in [-0.25, -0.2) is 9.97 Å². The maximum atomic E-state index is 5.66. The van der Waals surface area contributed by atoms with E-state index in [4.69, 9.17) is 9.26 Å². The second kappa shape index (κ2) is 8.13. The Hall–Kier alpha value is -3.00. The maximum Gasteiger partial charge on any atom is 0.241 e. The van der Waals surface area contributed by atoms with Crippen LogP contribution in [0.4, 0.5) is 5.95 Å². The topological polar surface area (TPSA) is 80.4 Å². The van der Waals surface area contributed by atoms with E-state index < -0.39 is 0 Å². The van der Waals surface area contributed by atoms with Crippen molar-refractivity contribution in [2.45, 2.75) is 13.5 Å². The fourth-order valence-electron chi connectivity index (χ4n) is 3.11. The normalized spacial score (nSPS) is 15.1. The Bertz CT molecular complexity index is 861. The number of nitrogens with zero attached hydrogens (tertiary/aromatic N) is 6. The molecule has 0 radical (unpaired) electrons. The standard InChI is InChI=1S/C19H22N6O2/c1-2-26-16-7-4-3-6-15(16)18-22-17(27-23-18)14-24-10-12-25(13-11-24)19-20-8-5-9-21-19/h3-9H,2,10-14H2,1H3. The number of benzene rings is 1. The molecule has 0 amide bonds. The summed E-state index contributed by atoms with van der Waals surface area (Å²) in [6.45, 7) is 6.72. The van der Waals surface area contributed by atoms with Crippen LogP contribution >= 0.6 is 0 Å². The lowest BCUT2D eigenvalue weighted by Gasteiger charge is -2.33. The third-order valence-electron chi connectivity index (χ3n) is 4.46. The van der Waals surface area contributed by atoms with Gasteiger partial charge in [0.1, 0.15) is 5.75 Å². The van der Waals surface area contributed by atoms with Gasteiger partial charge in [-0.05, 0) is 25.1 Å². The van der Waals surface area contributed by atoms with Crippen molar-refractivity contribution in [3.8, 4) is 17.1 Å². The van der Waals surface area contributed by atoms with E-state index in [0.717, 1.165) is 43.4 Å². The van der Waals surface area contributed by atoms with E-state index >= 15 is 0 Å². The summed E-state index contributed by atoms with van der Waals surface area (Å²) in [5, 5.41) is 4.13. The molecule has 0 unspecified atom stereocenters. The molecule has 0 atom stereocenters. The molecule has 1 aliphatic rings. The molecule has 0 saturated carbocycles. The maximum absolute atomic E-state index is 5.66. The van der Waals surface area contributed by atoms with Crippen LogP contribution < -0.4 is 9.64 Å². The minimum atomic E-state index is 0.561. The third-order valence-corrected chi connectivity index (χ3v) is 4.46. The van der Waals surface area contributed by atoms with Crippen molar-refractivity contribution in [2.24, 2.45) is 0 Å². The molecule has 0 bridgehead atoms. The van der Waals surface area contributed by atoms with Gasteiger partial charge in [-0.1, -0.05) is 17.3 Å². The summed E-state index contributed by atoms with van der Waals surface area (Å²) in [5.74, 6) is 2.72. The van der Waals surface area contributed by atoms with Gasteiger partial charge in [0.15, 0.2) is 0 Å². The van der Waals surface area contributed by atoms with E-state index in [-0.39, 0.29) is 0 Å². The molecule has 0 spiro atoms. The third kappa shape index (κ3) is 4.06. The summed E-state index contributed by atoms with van der Waals surface area (Å²) in [4.78, 5) is 17.7. The zero-order valence-corrected chi connectivity index (χ0v) is 15.3. The van der Waals surface area contributed by atoms with E-state index in [1.807, 2.05) is 37.3 Å². The van der Waals surface area contributed by atoms with Gasteiger partial charge in [0.2, 0.25) is 17.7 Å². The molecule has 0 N–H and O–H groups in total. The molecule has 0 aliphatic carbocycles. The largest absolute Gasteiger partial charge is 0.493 e. The van der Waals surface area contributed by atoms with Gasteiger partial charge in [-0.3, -0.25) is 4.90 Å². The zero-order valence-electron chi connectivity index (χ0n) is 15.3. The summed E-state index contributed by atoms with van der Waals surface area (Å²) in [6, 6.07) is 9.57. The molecule has 8 heteroatoms. The van der Waals surface area contributed by atoms with Crippen molar-refractivity contribution < 1.29 is 9.26 Å². The summed E-state index contributed by atoms with van der Waals surface area (Å²) < 4.78 is 11.1. The van der Waals surface area contributed by atoms with Crippen molar-refractivity contribution in [1.82, 2.24) is 25.0 Å². The Labute approximate surface area is 157 Å². The molecule has 1 aliphatic heterocycles. The summed E-state index contributed by atoms with van der Waals surface area (Å²) in [6.07, 6.45) is 3.55. The number of rotatable bonds is 6. The molecule has 1 fully saturated rings. The fraction of sp³-hybridized carbons (Fsp3) is 0.368. The lowest BCUT2D eigenvalue weighted by atomic mass is 10.2. The van der Waals surface area contributed by atoms with Gasteiger partial charge in [-0.15, -0.1) is 0 Å².